The molecular formula is C20H22ClN5O3S. The maximum absolute atomic E-state index is 12.6. The van der Waals surface area contributed by atoms with Crippen molar-refractivity contribution in [1.29, 1.82) is 0 Å². The van der Waals surface area contributed by atoms with Gasteiger partial charge in [-0.15, -0.1) is 11.3 Å². The predicted molar refractivity (Wildman–Crippen MR) is 114 cm³/mol. The summed E-state index contributed by atoms with van der Waals surface area (Å²) in [4.78, 5) is 44.9. The maximum Gasteiger partial charge on any atom is 0.313 e. The molecule has 0 saturated heterocycles. The van der Waals surface area contributed by atoms with E-state index < -0.39 is 11.8 Å². The number of nitrogens with one attached hydrogen (secondary N) is 3. The number of halogens is 1. The van der Waals surface area contributed by atoms with E-state index in [1.54, 1.807) is 24.3 Å². The summed E-state index contributed by atoms with van der Waals surface area (Å²) in [7, 11) is 2.02. The summed E-state index contributed by atoms with van der Waals surface area (Å²) in [6.07, 6.45) is 2.29. The fraction of sp³-hybridized carbons (Fsp3) is 0.400. The van der Waals surface area contributed by atoms with Gasteiger partial charge in [-0.3, -0.25) is 19.3 Å². The highest BCUT2D eigenvalue weighted by atomic mass is 35.5. The lowest BCUT2D eigenvalue weighted by atomic mass is 10.1. The lowest BCUT2D eigenvalue weighted by Gasteiger charge is -2.21. The molecule has 2 heterocycles. The van der Waals surface area contributed by atoms with Crippen LogP contribution in [0, 0.1) is 0 Å². The van der Waals surface area contributed by atoms with Crippen LogP contribution in [0.3, 0.4) is 0 Å². The van der Waals surface area contributed by atoms with Crippen LogP contribution in [0.15, 0.2) is 24.3 Å². The Hall–Kier alpha value is -2.49. The Balaban J connectivity index is 1.32. The number of amides is 3. The molecule has 1 aliphatic carbocycles. The molecule has 3 amide bonds. The summed E-state index contributed by atoms with van der Waals surface area (Å²) in [5, 5.41) is 9.26. The molecular weight excluding hydrogens is 426 g/mol. The number of hydrogen-bond donors (Lipinski definition) is 3. The van der Waals surface area contributed by atoms with E-state index in [0.29, 0.717) is 22.1 Å². The first-order valence-electron chi connectivity index (χ1n) is 9.74. The molecule has 1 saturated carbocycles. The Kier molecular flexibility index (Phi) is 6.03. The number of rotatable bonds is 4. The van der Waals surface area contributed by atoms with E-state index in [2.05, 4.69) is 25.8 Å². The highest BCUT2D eigenvalue weighted by Crippen LogP contribution is 2.27. The normalized spacial score (nSPS) is 20.6. The van der Waals surface area contributed by atoms with Gasteiger partial charge in [0.1, 0.15) is 0 Å². The van der Waals surface area contributed by atoms with Gasteiger partial charge in [-0.1, -0.05) is 11.6 Å². The molecule has 0 bridgehead atoms. The van der Waals surface area contributed by atoms with Crippen molar-refractivity contribution in [3.63, 3.8) is 0 Å². The van der Waals surface area contributed by atoms with Crippen molar-refractivity contribution in [3.05, 3.63) is 44.9 Å². The monoisotopic (exact) mass is 447 g/mol. The fourth-order valence-corrected chi connectivity index (χ4v) is 4.95. The van der Waals surface area contributed by atoms with Gasteiger partial charge in [0.15, 0.2) is 5.01 Å². The van der Waals surface area contributed by atoms with Crippen LogP contribution >= 0.6 is 22.9 Å². The highest BCUT2D eigenvalue weighted by molar-refractivity contribution is 7.13. The number of anilines is 1. The third kappa shape index (κ3) is 4.63. The largest absolute Gasteiger partial charge is 0.345 e. The van der Waals surface area contributed by atoms with Crippen molar-refractivity contribution in [3.8, 4) is 0 Å². The van der Waals surface area contributed by atoms with E-state index in [9.17, 15) is 14.4 Å². The third-order valence-corrected chi connectivity index (χ3v) is 6.60. The van der Waals surface area contributed by atoms with E-state index >= 15 is 0 Å². The van der Waals surface area contributed by atoms with Gasteiger partial charge in [0.25, 0.3) is 5.91 Å². The Labute approximate surface area is 183 Å². The zero-order chi connectivity index (χ0) is 21.3. The molecule has 8 nitrogen and oxygen atoms in total. The van der Waals surface area contributed by atoms with E-state index in [0.717, 1.165) is 36.5 Å². The minimum absolute atomic E-state index is 0.228. The van der Waals surface area contributed by atoms with Crippen molar-refractivity contribution in [2.24, 2.45) is 0 Å². The van der Waals surface area contributed by atoms with Gasteiger partial charge < -0.3 is 16.0 Å². The average molecular weight is 448 g/mol. The summed E-state index contributed by atoms with van der Waals surface area (Å²) < 4.78 is 0. The quantitative estimate of drug-likeness (QED) is 0.623. The topological polar surface area (TPSA) is 103 Å². The molecule has 2 aliphatic rings. The number of carbonyl (C=O) groups excluding carboxylic acids is 3. The molecule has 0 radical (unpaired) electrons. The number of carbonyl (C=O) groups is 3. The van der Waals surface area contributed by atoms with Crippen LogP contribution in [0.25, 0.3) is 0 Å². The van der Waals surface area contributed by atoms with Crippen LogP contribution in [0.2, 0.25) is 5.02 Å². The van der Waals surface area contributed by atoms with Crippen molar-refractivity contribution in [1.82, 2.24) is 20.5 Å². The molecule has 0 spiro atoms. The van der Waals surface area contributed by atoms with Crippen molar-refractivity contribution >= 4 is 46.3 Å². The van der Waals surface area contributed by atoms with E-state index in [-0.39, 0.29) is 18.0 Å². The van der Waals surface area contributed by atoms with E-state index in [4.69, 9.17) is 11.6 Å². The van der Waals surface area contributed by atoms with Crippen LogP contribution in [0.1, 0.15) is 39.6 Å². The number of fused-ring (bicyclic) bond motifs is 1. The number of hydrogen-bond acceptors (Lipinski definition) is 6. The van der Waals surface area contributed by atoms with Crippen molar-refractivity contribution in [2.75, 3.05) is 12.4 Å². The molecule has 3 N–H and O–H groups in total. The molecule has 1 aromatic carbocycles. The van der Waals surface area contributed by atoms with E-state index in [1.165, 1.54) is 11.3 Å². The zero-order valence-corrected chi connectivity index (χ0v) is 18.0. The zero-order valence-electron chi connectivity index (χ0n) is 16.4. The number of benzene rings is 1. The predicted octanol–water partition coefficient (Wildman–Crippen LogP) is 2.15. The third-order valence-electron chi connectivity index (χ3n) is 5.26. The second-order valence-electron chi connectivity index (χ2n) is 7.61. The van der Waals surface area contributed by atoms with Crippen LogP contribution < -0.4 is 16.0 Å². The minimum Gasteiger partial charge on any atom is -0.345 e. The Morgan fingerprint density at radius 1 is 1.07 bits per heavy atom. The minimum atomic E-state index is -0.755. The molecule has 1 aliphatic heterocycles. The number of thiazole rings is 1. The van der Waals surface area contributed by atoms with Gasteiger partial charge in [-0.05, 0) is 50.6 Å². The van der Waals surface area contributed by atoms with Crippen LogP contribution in [-0.2, 0) is 22.7 Å². The molecule has 158 valence electrons. The average Bonchev–Trinajstić information content (AvgIpc) is 3.38. The smallest absolute Gasteiger partial charge is 0.313 e. The fourth-order valence-electron chi connectivity index (χ4n) is 3.77. The second-order valence-corrected chi connectivity index (χ2v) is 9.13. The van der Waals surface area contributed by atoms with Crippen LogP contribution in [-0.4, -0.2) is 46.7 Å². The summed E-state index contributed by atoms with van der Waals surface area (Å²) in [5.41, 5.74) is 1.45. The van der Waals surface area contributed by atoms with Gasteiger partial charge in [0.2, 0.25) is 0 Å². The molecule has 1 aromatic heterocycles. The van der Waals surface area contributed by atoms with Crippen molar-refractivity contribution < 1.29 is 14.4 Å². The summed E-state index contributed by atoms with van der Waals surface area (Å²) in [6.45, 7) is 1.56. The van der Waals surface area contributed by atoms with Gasteiger partial charge >= 0.3 is 11.8 Å². The summed E-state index contributed by atoms with van der Waals surface area (Å²) in [6, 6.07) is 5.97. The van der Waals surface area contributed by atoms with Gasteiger partial charge in [-0.2, -0.15) is 0 Å². The summed E-state index contributed by atoms with van der Waals surface area (Å²) >= 11 is 7.24. The highest BCUT2D eigenvalue weighted by Gasteiger charge is 2.33. The molecule has 2 aromatic rings. The first-order valence-corrected chi connectivity index (χ1v) is 10.9. The standard InChI is InChI=1S/C20H22ClN5O3S/c1-26-9-15-16(10-26)30-20(25-15)19(29)24-14-4-2-3-13(14)23-18(28)17(27)22-12-7-5-11(21)6-8-12/h5-8,13-14H,2-4,9-10H2,1H3,(H,22,27)(H,23,28)(H,24,29)/t13-,14-/m1/s1. The summed E-state index contributed by atoms with van der Waals surface area (Å²) in [5.74, 6) is -1.71. The van der Waals surface area contributed by atoms with Gasteiger partial charge in [-0.25, -0.2) is 4.98 Å². The van der Waals surface area contributed by atoms with E-state index in [1.807, 2.05) is 7.05 Å². The number of aromatic nitrogens is 1. The Morgan fingerprint density at radius 2 is 1.77 bits per heavy atom. The first kappa shape index (κ1) is 20.8. The van der Waals surface area contributed by atoms with Crippen LogP contribution in [0.4, 0.5) is 5.69 Å². The molecule has 4 rings (SSSR count). The van der Waals surface area contributed by atoms with Gasteiger partial charge in [0.05, 0.1) is 5.69 Å². The molecule has 1 fully saturated rings. The Morgan fingerprint density at radius 3 is 2.47 bits per heavy atom. The lowest BCUT2D eigenvalue weighted by molar-refractivity contribution is -0.136. The molecule has 30 heavy (non-hydrogen) atoms. The Bertz CT molecular complexity index is 954. The first-order chi connectivity index (χ1) is 14.4. The van der Waals surface area contributed by atoms with Crippen LogP contribution in [0.5, 0.6) is 0 Å². The number of nitrogens with zero attached hydrogens (tertiary/aromatic N) is 2. The maximum atomic E-state index is 12.6. The molecule has 0 unspecified atom stereocenters. The molecule has 10 heteroatoms. The lowest BCUT2D eigenvalue weighted by Crippen LogP contribution is -2.51. The van der Waals surface area contributed by atoms with Crippen molar-refractivity contribution in [2.45, 2.75) is 44.4 Å². The second kappa shape index (κ2) is 8.71. The SMILES string of the molecule is CN1Cc2nc(C(=O)N[C@@H]3CCC[C@H]3NC(=O)C(=O)Nc3ccc(Cl)cc3)sc2C1. The molecule has 2 atom stereocenters. The van der Waals surface area contributed by atoms with Gasteiger partial charge in [0, 0.05) is 40.8 Å².